The molecule has 2 unspecified atom stereocenters. The van der Waals surface area contributed by atoms with Gasteiger partial charge in [0.2, 0.25) is 0 Å². The van der Waals surface area contributed by atoms with Gasteiger partial charge in [0.15, 0.2) is 12.2 Å². The van der Waals surface area contributed by atoms with Gasteiger partial charge in [0.05, 0.1) is 26.4 Å². The Morgan fingerprint density at radius 1 is 0.267 bits per heavy atom. The summed E-state index contributed by atoms with van der Waals surface area (Å²) in [5.74, 6) is 0.277. The van der Waals surface area contributed by atoms with Gasteiger partial charge in [-0.15, -0.1) is 0 Å². The standard InChI is InChI=1S/C82H160O17P2/c1-8-9-10-11-12-32-42-49-56-63-79(84)92-69-77(98-82(87)66-59-52-45-38-31-25-28-35-41-48-55-62-75(6)7)71-96-100(88,89)94-67-76(83)68-95-101(90,91)97-72-78(99-81(86)65-58-51-44-37-30-24-20-16-14-18-22-27-34-40-47-54-61-74(4)5)70-93-80(85)64-57-50-43-36-29-23-19-15-13-17-21-26-33-39-46-53-60-73(2)3/h73-78,83H,8-72H2,1-7H3,(H,88,89)(H,90,91)/t76-,77+,78+/m0/s1. The number of phosphoric acid groups is 2. The summed E-state index contributed by atoms with van der Waals surface area (Å²) in [6.45, 7) is 12.0. The second-order valence-corrected chi connectivity index (χ2v) is 33.8. The van der Waals surface area contributed by atoms with Crippen LogP contribution in [-0.2, 0) is 65.4 Å². The van der Waals surface area contributed by atoms with E-state index in [4.69, 9.17) is 37.0 Å². The molecular formula is C82H160O17P2. The third-order valence-electron chi connectivity index (χ3n) is 19.1. The van der Waals surface area contributed by atoms with Crippen LogP contribution in [0, 0.1) is 17.8 Å². The molecule has 0 aliphatic carbocycles. The molecule has 0 bridgehead atoms. The largest absolute Gasteiger partial charge is 0.472 e. The van der Waals surface area contributed by atoms with Gasteiger partial charge in [-0.1, -0.05) is 376 Å². The first-order valence-electron chi connectivity index (χ1n) is 42.3. The molecule has 0 aromatic carbocycles. The van der Waals surface area contributed by atoms with Crippen LogP contribution in [0.1, 0.15) is 427 Å². The van der Waals surface area contributed by atoms with Crippen LogP contribution >= 0.6 is 15.6 Å². The van der Waals surface area contributed by atoms with Crippen molar-refractivity contribution in [1.82, 2.24) is 0 Å². The van der Waals surface area contributed by atoms with Crippen molar-refractivity contribution >= 4 is 39.5 Å². The highest BCUT2D eigenvalue weighted by Gasteiger charge is 2.30. The zero-order chi connectivity index (χ0) is 74.4. The Balaban J connectivity index is 5.22. The zero-order valence-corrected chi connectivity index (χ0v) is 68.2. The van der Waals surface area contributed by atoms with Crippen molar-refractivity contribution in [3.63, 3.8) is 0 Å². The maximum absolute atomic E-state index is 13.1. The van der Waals surface area contributed by atoms with Crippen molar-refractivity contribution in [2.75, 3.05) is 39.6 Å². The number of carbonyl (C=O) groups excluding carboxylic acids is 4. The van der Waals surface area contributed by atoms with Crippen molar-refractivity contribution in [2.45, 2.75) is 446 Å². The molecule has 17 nitrogen and oxygen atoms in total. The number of ether oxygens (including phenoxy) is 4. The molecule has 600 valence electrons. The molecule has 3 N–H and O–H groups in total. The minimum Gasteiger partial charge on any atom is -0.462 e. The SMILES string of the molecule is CCCCCCCCCCCC(=O)OC[C@H](COP(=O)(O)OC[C@H](O)COP(=O)(O)OC[C@@H](COC(=O)CCCCCCCCCCCCCCCCCCC(C)C)OC(=O)CCCCCCCCCCCCCCCCCCC(C)C)OC(=O)CCCCCCCCCCCCCC(C)C. The summed E-state index contributed by atoms with van der Waals surface area (Å²) in [6, 6.07) is 0. The van der Waals surface area contributed by atoms with Crippen LogP contribution in [0.4, 0.5) is 0 Å². The number of rotatable bonds is 80. The number of aliphatic hydroxyl groups is 1. The van der Waals surface area contributed by atoms with E-state index in [1.165, 1.54) is 238 Å². The minimum absolute atomic E-state index is 0.106. The van der Waals surface area contributed by atoms with Crippen molar-refractivity contribution in [2.24, 2.45) is 17.8 Å². The molecule has 0 saturated carbocycles. The van der Waals surface area contributed by atoms with E-state index < -0.39 is 97.5 Å². The summed E-state index contributed by atoms with van der Waals surface area (Å²) >= 11 is 0. The Hall–Kier alpha value is -1.94. The summed E-state index contributed by atoms with van der Waals surface area (Å²) in [6.07, 6.45) is 61.1. The highest BCUT2D eigenvalue weighted by Crippen LogP contribution is 2.45. The third kappa shape index (κ3) is 76.1. The second kappa shape index (κ2) is 72.3. The lowest BCUT2D eigenvalue weighted by Crippen LogP contribution is -2.30. The average Bonchev–Trinajstić information content (AvgIpc) is 1.06. The molecule has 0 aromatic heterocycles. The fourth-order valence-corrected chi connectivity index (χ4v) is 14.2. The van der Waals surface area contributed by atoms with Crippen LogP contribution in [0.5, 0.6) is 0 Å². The Morgan fingerprint density at radius 3 is 0.673 bits per heavy atom. The van der Waals surface area contributed by atoms with Crippen LogP contribution in [0.3, 0.4) is 0 Å². The Morgan fingerprint density at radius 2 is 0.455 bits per heavy atom. The van der Waals surface area contributed by atoms with E-state index in [2.05, 4.69) is 48.5 Å². The van der Waals surface area contributed by atoms with Crippen LogP contribution < -0.4 is 0 Å². The monoisotopic (exact) mass is 1480 g/mol. The molecule has 101 heavy (non-hydrogen) atoms. The number of unbranched alkanes of at least 4 members (excludes halogenated alkanes) is 48. The van der Waals surface area contributed by atoms with Gasteiger partial charge >= 0.3 is 39.5 Å². The third-order valence-corrected chi connectivity index (χ3v) is 21.0. The predicted octanol–water partition coefficient (Wildman–Crippen LogP) is 24.5. The summed E-state index contributed by atoms with van der Waals surface area (Å²) in [5, 5.41) is 10.6. The first-order valence-corrected chi connectivity index (χ1v) is 45.3. The van der Waals surface area contributed by atoms with Crippen molar-refractivity contribution < 1.29 is 80.2 Å². The average molecular weight is 1480 g/mol. The molecule has 0 rings (SSSR count). The predicted molar refractivity (Wildman–Crippen MR) is 414 cm³/mol. The maximum atomic E-state index is 13.1. The minimum atomic E-state index is -4.96. The van der Waals surface area contributed by atoms with E-state index >= 15 is 0 Å². The molecule has 0 heterocycles. The smallest absolute Gasteiger partial charge is 0.462 e. The van der Waals surface area contributed by atoms with Crippen molar-refractivity contribution in [3.05, 3.63) is 0 Å². The number of phosphoric ester groups is 2. The van der Waals surface area contributed by atoms with E-state index in [1.54, 1.807) is 0 Å². The van der Waals surface area contributed by atoms with Crippen LogP contribution in [-0.4, -0.2) is 96.7 Å². The highest BCUT2D eigenvalue weighted by atomic mass is 31.2. The number of aliphatic hydroxyl groups excluding tert-OH is 1. The molecule has 19 heteroatoms. The first-order chi connectivity index (χ1) is 48.7. The summed E-state index contributed by atoms with van der Waals surface area (Å²) in [7, 11) is -9.92. The molecule has 0 spiro atoms. The Kier molecular flexibility index (Phi) is 70.9. The van der Waals surface area contributed by atoms with E-state index in [0.717, 1.165) is 108 Å². The van der Waals surface area contributed by atoms with Gasteiger partial charge in [0.1, 0.15) is 19.3 Å². The Bertz CT molecular complexity index is 1960. The van der Waals surface area contributed by atoms with Gasteiger partial charge in [-0.3, -0.25) is 37.3 Å². The fraction of sp³-hybridized carbons (Fsp3) is 0.951. The number of hydrogen-bond donors (Lipinski definition) is 3. The summed E-state index contributed by atoms with van der Waals surface area (Å²) in [5.41, 5.74) is 0. The number of esters is 4. The summed E-state index contributed by atoms with van der Waals surface area (Å²) in [4.78, 5) is 73.0. The van der Waals surface area contributed by atoms with E-state index in [-0.39, 0.29) is 25.7 Å². The molecule has 0 aromatic rings. The van der Waals surface area contributed by atoms with Gasteiger partial charge in [-0.2, -0.15) is 0 Å². The normalized spacial score (nSPS) is 14.0. The van der Waals surface area contributed by atoms with Crippen LogP contribution in [0.2, 0.25) is 0 Å². The molecule has 0 amide bonds. The van der Waals surface area contributed by atoms with Gasteiger partial charge in [-0.05, 0) is 43.4 Å². The van der Waals surface area contributed by atoms with E-state index in [0.29, 0.717) is 25.7 Å². The van der Waals surface area contributed by atoms with Gasteiger partial charge < -0.3 is 33.8 Å². The maximum Gasteiger partial charge on any atom is 0.472 e. The Labute approximate surface area is 619 Å². The van der Waals surface area contributed by atoms with Gasteiger partial charge in [-0.25, -0.2) is 9.13 Å². The second-order valence-electron chi connectivity index (χ2n) is 30.9. The van der Waals surface area contributed by atoms with Gasteiger partial charge in [0, 0.05) is 25.7 Å². The molecule has 0 aliphatic rings. The lowest BCUT2D eigenvalue weighted by Gasteiger charge is -2.21. The molecule has 0 saturated heterocycles. The lowest BCUT2D eigenvalue weighted by atomic mass is 10.0. The topological polar surface area (TPSA) is 237 Å². The molecule has 5 atom stereocenters. The van der Waals surface area contributed by atoms with Gasteiger partial charge in [0.25, 0.3) is 0 Å². The molecule has 0 fully saturated rings. The number of carbonyl (C=O) groups is 4. The van der Waals surface area contributed by atoms with E-state index in [1.807, 2.05) is 0 Å². The van der Waals surface area contributed by atoms with Crippen LogP contribution in [0.15, 0.2) is 0 Å². The molecular weight excluding hydrogens is 1320 g/mol. The van der Waals surface area contributed by atoms with E-state index in [9.17, 15) is 43.2 Å². The molecule has 0 aliphatic heterocycles. The van der Waals surface area contributed by atoms with Crippen LogP contribution in [0.25, 0.3) is 0 Å². The number of hydrogen-bond acceptors (Lipinski definition) is 15. The fourth-order valence-electron chi connectivity index (χ4n) is 12.7. The first kappa shape index (κ1) is 99.1. The lowest BCUT2D eigenvalue weighted by molar-refractivity contribution is -0.161. The quantitative estimate of drug-likeness (QED) is 0.0222. The highest BCUT2D eigenvalue weighted by molar-refractivity contribution is 7.47. The zero-order valence-electron chi connectivity index (χ0n) is 66.4. The summed E-state index contributed by atoms with van der Waals surface area (Å²) < 4.78 is 68.7. The molecule has 0 radical (unpaired) electrons. The van der Waals surface area contributed by atoms with Crippen molar-refractivity contribution in [3.8, 4) is 0 Å². The van der Waals surface area contributed by atoms with Crippen molar-refractivity contribution in [1.29, 1.82) is 0 Å².